The van der Waals surface area contributed by atoms with Gasteiger partial charge in [-0.25, -0.2) is 0 Å². The van der Waals surface area contributed by atoms with Crippen molar-refractivity contribution in [1.29, 1.82) is 0 Å². The Morgan fingerprint density at radius 2 is 1.50 bits per heavy atom. The Labute approximate surface area is 116 Å². The average Bonchev–Trinajstić information content (AvgIpc) is 2.54. The molecule has 0 unspecified atom stereocenters. The molecular formula is C18H12O2. The summed E-state index contributed by atoms with van der Waals surface area (Å²) in [6, 6.07) is 20.2. The molecule has 2 nitrogen and oxygen atoms in total. The van der Waals surface area contributed by atoms with Gasteiger partial charge in [-0.2, -0.15) is 0 Å². The molecule has 3 aromatic rings. The first-order chi connectivity index (χ1) is 9.81. The fraction of sp³-hybridized carbons (Fsp3) is 0. The Morgan fingerprint density at radius 3 is 2.25 bits per heavy atom. The SMILES string of the molecule is O=Cc1c(C(=O)c2ccccc2)ccc2ccccc12. The standard InChI is InChI=1S/C18H12O2/c19-12-17-15-9-5-4-6-13(15)10-11-16(17)18(20)14-7-2-1-3-8-14/h1-12H. The van der Waals surface area contributed by atoms with Gasteiger partial charge < -0.3 is 0 Å². The molecule has 2 heteroatoms. The van der Waals surface area contributed by atoms with Gasteiger partial charge in [-0.15, -0.1) is 0 Å². The predicted octanol–water partition coefficient (Wildman–Crippen LogP) is 3.88. The van der Waals surface area contributed by atoms with Crippen LogP contribution in [0.4, 0.5) is 0 Å². The number of hydrogen-bond donors (Lipinski definition) is 0. The van der Waals surface area contributed by atoms with E-state index in [1.165, 1.54) is 0 Å². The van der Waals surface area contributed by atoms with Gasteiger partial charge in [0.25, 0.3) is 0 Å². The zero-order valence-corrected chi connectivity index (χ0v) is 10.7. The fourth-order valence-electron chi connectivity index (χ4n) is 2.37. The molecule has 0 amide bonds. The minimum atomic E-state index is -0.126. The molecule has 0 saturated carbocycles. The summed E-state index contributed by atoms with van der Waals surface area (Å²) in [5, 5.41) is 1.77. The maximum atomic E-state index is 12.5. The fourth-order valence-corrected chi connectivity index (χ4v) is 2.37. The number of carbonyl (C=O) groups excluding carboxylic acids is 2. The highest BCUT2D eigenvalue weighted by atomic mass is 16.1. The van der Waals surface area contributed by atoms with Gasteiger partial charge in [-0.1, -0.05) is 60.7 Å². The van der Waals surface area contributed by atoms with E-state index < -0.39 is 0 Å². The smallest absolute Gasteiger partial charge is 0.193 e. The molecule has 0 radical (unpaired) electrons. The lowest BCUT2D eigenvalue weighted by molar-refractivity contribution is 0.103. The second-order valence-corrected chi connectivity index (χ2v) is 4.56. The van der Waals surface area contributed by atoms with Gasteiger partial charge in [0, 0.05) is 16.7 Å². The maximum absolute atomic E-state index is 12.5. The van der Waals surface area contributed by atoms with Crippen LogP contribution < -0.4 is 0 Å². The van der Waals surface area contributed by atoms with Crippen LogP contribution in [-0.4, -0.2) is 12.1 Å². The molecule has 20 heavy (non-hydrogen) atoms. The lowest BCUT2D eigenvalue weighted by Crippen LogP contribution is -2.05. The van der Waals surface area contributed by atoms with Crippen LogP contribution in [0.5, 0.6) is 0 Å². The van der Waals surface area contributed by atoms with E-state index in [9.17, 15) is 9.59 Å². The molecule has 0 fully saturated rings. The van der Waals surface area contributed by atoms with Crippen molar-refractivity contribution in [3.8, 4) is 0 Å². The topological polar surface area (TPSA) is 34.1 Å². The summed E-state index contributed by atoms with van der Waals surface area (Å²) in [5.41, 5.74) is 1.49. The van der Waals surface area contributed by atoms with Crippen LogP contribution in [0, 0.1) is 0 Å². The van der Waals surface area contributed by atoms with E-state index in [1.54, 1.807) is 18.2 Å². The van der Waals surface area contributed by atoms with E-state index >= 15 is 0 Å². The van der Waals surface area contributed by atoms with E-state index in [1.807, 2.05) is 48.5 Å². The Balaban J connectivity index is 2.22. The first kappa shape index (κ1) is 12.3. The molecule has 0 aliphatic carbocycles. The van der Waals surface area contributed by atoms with Crippen molar-refractivity contribution in [2.45, 2.75) is 0 Å². The predicted molar refractivity (Wildman–Crippen MR) is 79.2 cm³/mol. The average molecular weight is 260 g/mol. The Morgan fingerprint density at radius 1 is 0.800 bits per heavy atom. The normalized spacial score (nSPS) is 10.4. The molecule has 0 heterocycles. The van der Waals surface area contributed by atoms with Crippen LogP contribution >= 0.6 is 0 Å². The number of rotatable bonds is 3. The molecule has 0 bridgehead atoms. The summed E-state index contributed by atoms with van der Waals surface area (Å²) >= 11 is 0. The highest BCUT2D eigenvalue weighted by Crippen LogP contribution is 2.23. The molecule has 0 saturated heterocycles. The minimum Gasteiger partial charge on any atom is -0.298 e. The number of ketones is 1. The highest BCUT2D eigenvalue weighted by Gasteiger charge is 2.15. The van der Waals surface area contributed by atoms with Crippen molar-refractivity contribution >= 4 is 22.8 Å². The Bertz CT molecular complexity index is 789. The van der Waals surface area contributed by atoms with E-state index in [0.29, 0.717) is 16.7 Å². The van der Waals surface area contributed by atoms with Crippen LogP contribution in [0.1, 0.15) is 26.3 Å². The van der Waals surface area contributed by atoms with Crippen molar-refractivity contribution in [2.24, 2.45) is 0 Å². The van der Waals surface area contributed by atoms with E-state index in [-0.39, 0.29) is 5.78 Å². The monoisotopic (exact) mass is 260 g/mol. The van der Waals surface area contributed by atoms with Crippen molar-refractivity contribution in [3.63, 3.8) is 0 Å². The van der Waals surface area contributed by atoms with E-state index in [4.69, 9.17) is 0 Å². The van der Waals surface area contributed by atoms with Crippen LogP contribution in [0.15, 0.2) is 66.7 Å². The number of hydrogen-bond acceptors (Lipinski definition) is 2. The molecular weight excluding hydrogens is 248 g/mol. The van der Waals surface area contributed by atoms with E-state index in [2.05, 4.69) is 0 Å². The molecule has 96 valence electrons. The number of carbonyl (C=O) groups is 2. The van der Waals surface area contributed by atoms with Crippen molar-refractivity contribution in [3.05, 3.63) is 83.4 Å². The Hall–Kier alpha value is -2.74. The van der Waals surface area contributed by atoms with Crippen LogP contribution in [0.2, 0.25) is 0 Å². The van der Waals surface area contributed by atoms with Gasteiger partial charge in [0.1, 0.15) is 0 Å². The molecule has 0 spiro atoms. The number of benzene rings is 3. The highest BCUT2D eigenvalue weighted by molar-refractivity contribution is 6.16. The van der Waals surface area contributed by atoms with Gasteiger partial charge in [0.15, 0.2) is 12.1 Å². The molecule has 0 aromatic heterocycles. The third-order valence-electron chi connectivity index (χ3n) is 3.37. The minimum absolute atomic E-state index is 0.126. The van der Waals surface area contributed by atoms with Crippen molar-refractivity contribution in [2.75, 3.05) is 0 Å². The summed E-state index contributed by atoms with van der Waals surface area (Å²) < 4.78 is 0. The molecule has 3 rings (SSSR count). The lowest BCUT2D eigenvalue weighted by atomic mass is 9.94. The van der Waals surface area contributed by atoms with Gasteiger partial charge in [0.05, 0.1) is 0 Å². The maximum Gasteiger partial charge on any atom is 0.193 e. The van der Waals surface area contributed by atoms with Gasteiger partial charge in [-0.3, -0.25) is 9.59 Å². The van der Waals surface area contributed by atoms with Crippen molar-refractivity contribution in [1.82, 2.24) is 0 Å². The largest absolute Gasteiger partial charge is 0.298 e. The molecule has 0 aliphatic rings. The first-order valence-corrected chi connectivity index (χ1v) is 6.38. The van der Waals surface area contributed by atoms with Crippen LogP contribution in [0.25, 0.3) is 10.8 Å². The summed E-state index contributed by atoms with van der Waals surface area (Å²) in [4.78, 5) is 23.9. The third kappa shape index (κ3) is 2.01. The Kier molecular flexibility index (Phi) is 3.13. The number of fused-ring (bicyclic) bond motifs is 1. The van der Waals surface area contributed by atoms with Crippen LogP contribution in [-0.2, 0) is 0 Å². The quantitative estimate of drug-likeness (QED) is 0.529. The zero-order valence-electron chi connectivity index (χ0n) is 10.7. The summed E-state index contributed by atoms with van der Waals surface area (Å²) in [5.74, 6) is -0.126. The molecule has 0 atom stereocenters. The number of aldehydes is 1. The van der Waals surface area contributed by atoms with Gasteiger partial charge in [-0.05, 0) is 16.8 Å². The van der Waals surface area contributed by atoms with Crippen LogP contribution in [0.3, 0.4) is 0 Å². The molecule has 0 aliphatic heterocycles. The summed E-state index contributed by atoms with van der Waals surface area (Å²) in [6.45, 7) is 0. The summed E-state index contributed by atoms with van der Waals surface area (Å²) in [6.07, 6.45) is 0.762. The van der Waals surface area contributed by atoms with E-state index in [0.717, 1.165) is 17.1 Å². The molecule has 0 N–H and O–H groups in total. The molecule has 3 aromatic carbocycles. The van der Waals surface area contributed by atoms with Gasteiger partial charge >= 0.3 is 0 Å². The van der Waals surface area contributed by atoms with Gasteiger partial charge in [0.2, 0.25) is 0 Å². The summed E-state index contributed by atoms with van der Waals surface area (Å²) in [7, 11) is 0. The first-order valence-electron chi connectivity index (χ1n) is 6.38. The second-order valence-electron chi connectivity index (χ2n) is 4.56. The zero-order chi connectivity index (χ0) is 13.9. The third-order valence-corrected chi connectivity index (χ3v) is 3.37. The second kappa shape index (κ2) is 5.10. The van der Waals surface area contributed by atoms with Crippen molar-refractivity contribution < 1.29 is 9.59 Å². The lowest BCUT2D eigenvalue weighted by Gasteiger charge is -2.07.